The Bertz CT molecular complexity index is 1350. The van der Waals surface area contributed by atoms with Gasteiger partial charge in [0.05, 0.1) is 30.3 Å². The van der Waals surface area contributed by atoms with Crippen molar-refractivity contribution in [1.29, 1.82) is 0 Å². The highest BCUT2D eigenvalue weighted by Gasteiger charge is 2.30. The molecular weight excluding hydrogens is 501 g/mol. The fourth-order valence-corrected chi connectivity index (χ4v) is 3.33. The lowest BCUT2D eigenvalue weighted by molar-refractivity contribution is -0.137. The van der Waals surface area contributed by atoms with Gasteiger partial charge in [-0.15, -0.1) is 0 Å². The van der Waals surface area contributed by atoms with E-state index in [0.29, 0.717) is 34.0 Å². The van der Waals surface area contributed by atoms with Crippen molar-refractivity contribution >= 4 is 29.4 Å². The molecule has 0 aliphatic heterocycles. The van der Waals surface area contributed by atoms with E-state index in [1.165, 1.54) is 37.5 Å². The highest BCUT2D eigenvalue weighted by molar-refractivity contribution is 6.47. The maximum atomic E-state index is 13.0. The topological polar surface area (TPSA) is 85.1 Å². The number of hydrogen-bond acceptors (Lipinski definition) is 7. The molecule has 0 bridgehead atoms. The molecule has 3 aromatic carbocycles. The summed E-state index contributed by atoms with van der Waals surface area (Å²) < 4.78 is 49.2. The Morgan fingerprint density at radius 2 is 1.66 bits per heavy atom. The Hall–Kier alpha value is -4.67. The Labute approximate surface area is 217 Å². The molecule has 0 aromatic heterocycles. The molecular formula is C27H25F3N4O4. The number of nitrogens with zero attached hydrogens (tertiary/aromatic N) is 4. The number of oxime groups is 1. The number of methoxy groups -OCH3 is 1. The average molecular weight is 527 g/mol. The van der Waals surface area contributed by atoms with E-state index in [1.54, 1.807) is 62.5 Å². The number of carbonyl (C=O) groups is 1. The van der Waals surface area contributed by atoms with Crippen molar-refractivity contribution in [2.75, 3.05) is 26.2 Å². The van der Waals surface area contributed by atoms with Gasteiger partial charge in [0.25, 0.3) is 0 Å². The van der Waals surface area contributed by atoms with E-state index in [2.05, 4.69) is 15.4 Å². The molecule has 0 aliphatic rings. The van der Waals surface area contributed by atoms with Crippen molar-refractivity contribution in [3.05, 3.63) is 89.5 Å². The van der Waals surface area contributed by atoms with Crippen LogP contribution in [-0.4, -0.2) is 45.0 Å². The second kappa shape index (κ2) is 12.5. The number of halogens is 3. The molecule has 1 amide bonds. The van der Waals surface area contributed by atoms with Crippen molar-refractivity contribution in [3.8, 4) is 11.5 Å². The molecule has 0 saturated heterocycles. The van der Waals surface area contributed by atoms with Gasteiger partial charge in [-0.3, -0.25) is 4.90 Å². The minimum Gasteiger partial charge on any atom is -0.457 e. The first-order valence-corrected chi connectivity index (χ1v) is 11.2. The lowest BCUT2D eigenvalue weighted by Crippen LogP contribution is -2.26. The predicted octanol–water partition coefficient (Wildman–Crippen LogP) is 6.55. The molecule has 0 spiro atoms. The SMILES string of the molecule is CO/N=C(/C(C)=N/N=C/c1ccccc1N(C)C(=O)OC)c1ccc(Oc2cccc(C(F)(F)F)c2)cc1. The van der Waals surface area contributed by atoms with Crippen LogP contribution in [0, 0.1) is 0 Å². The van der Waals surface area contributed by atoms with Gasteiger partial charge in [0.1, 0.15) is 24.3 Å². The molecule has 0 radical (unpaired) electrons. The van der Waals surface area contributed by atoms with Crippen LogP contribution in [0.3, 0.4) is 0 Å². The van der Waals surface area contributed by atoms with Crippen LogP contribution in [0.4, 0.5) is 23.7 Å². The third kappa shape index (κ3) is 7.19. The summed E-state index contributed by atoms with van der Waals surface area (Å²) in [7, 11) is 4.27. The third-order valence-electron chi connectivity index (χ3n) is 5.20. The van der Waals surface area contributed by atoms with Gasteiger partial charge in [-0.1, -0.05) is 29.4 Å². The van der Waals surface area contributed by atoms with E-state index in [1.807, 2.05) is 0 Å². The zero-order valence-corrected chi connectivity index (χ0v) is 21.1. The van der Waals surface area contributed by atoms with E-state index in [9.17, 15) is 18.0 Å². The van der Waals surface area contributed by atoms with Gasteiger partial charge < -0.3 is 14.3 Å². The Morgan fingerprint density at radius 3 is 2.32 bits per heavy atom. The van der Waals surface area contributed by atoms with Crippen LogP contribution in [0.5, 0.6) is 11.5 Å². The molecule has 0 aliphatic carbocycles. The molecule has 8 nitrogen and oxygen atoms in total. The molecule has 38 heavy (non-hydrogen) atoms. The number of rotatable bonds is 8. The molecule has 0 atom stereocenters. The second-order valence-corrected chi connectivity index (χ2v) is 7.79. The van der Waals surface area contributed by atoms with Gasteiger partial charge in [0.15, 0.2) is 0 Å². The molecule has 3 aromatic rings. The molecule has 198 valence electrons. The zero-order chi connectivity index (χ0) is 27.7. The summed E-state index contributed by atoms with van der Waals surface area (Å²) in [6.07, 6.45) is -3.50. The first-order chi connectivity index (χ1) is 18.1. The van der Waals surface area contributed by atoms with E-state index in [-0.39, 0.29) is 5.75 Å². The Morgan fingerprint density at radius 1 is 0.947 bits per heavy atom. The number of ether oxygens (including phenoxy) is 2. The van der Waals surface area contributed by atoms with Gasteiger partial charge in [-0.05, 0) is 55.5 Å². The van der Waals surface area contributed by atoms with E-state index in [0.717, 1.165) is 12.1 Å². The van der Waals surface area contributed by atoms with Crippen molar-refractivity contribution < 1.29 is 32.3 Å². The van der Waals surface area contributed by atoms with Crippen molar-refractivity contribution in [2.24, 2.45) is 15.4 Å². The maximum Gasteiger partial charge on any atom is 0.416 e. The number of anilines is 1. The van der Waals surface area contributed by atoms with Crippen molar-refractivity contribution in [3.63, 3.8) is 0 Å². The summed E-state index contributed by atoms with van der Waals surface area (Å²) in [6.45, 7) is 1.69. The lowest BCUT2D eigenvalue weighted by atomic mass is 10.1. The highest BCUT2D eigenvalue weighted by atomic mass is 19.4. The standard InChI is InChI=1S/C27H25F3N4O4/c1-18(32-31-17-20-8-5-6-11-24(20)34(2)26(35)36-3)25(33-37-4)19-12-14-22(15-13-19)38-23-10-7-9-21(16-23)27(28,29)30/h5-17H,1-4H3/b31-17+,32-18+,33-25-. The number of alkyl halides is 3. The minimum absolute atomic E-state index is 0.0589. The van der Waals surface area contributed by atoms with E-state index in [4.69, 9.17) is 14.3 Å². The van der Waals surface area contributed by atoms with Gasteiger partial charge in [0.2, 0.25) is 0 Å². The summed E-state index contributed by atoms with van der Waals surface area (Å²) >= 11 is 0. The summed E-state index contributed by atoms with van der Waals surface area (Å²) in [5.74, 6) is 0.396. The van der Waals surface area contributed by atoms with Crippen LogP contribution in [0.15, 0.2) is 88.2 Å². The molecule has 0 fully saturated rings. The maximum absolute atomic E-state index is 13.0. The first-order valence-electron chi connectivity index (χ1n) is 11.2. The summed E-state index contributed by atoms with van der Waals surface area (Å²) in [5.41, 5.74) is 1.85. The quantitative estimate of drug-likeness (QED) is 0.246. The minimum atomic E-state index is -4.46. The van der Waals surface area contributed by atoms with Crippen LogP contribution in [0.1, 0.15) is 23.6 Å². The predicted molar refractivity (Wildman–Crippen MR) is 139 cm³/mol. The van der Waals surface area contributed by atoms with Gasteiger partial charge in [-0.2, -0.15) is 23.4 Å². The molecule has 3 rings (SSSR count). The Kier molecular flexibility index (Phi) is 9.20. The largest absolute Gasteiger partial charge is 0.457 e. The monoisotopic (exact) mass is 526 g/mol. The summed E-state index contributed by atoms with van der Waals surface area (Å²) in [6, 6.07) is 18.3. The molecule has 0 heterocycles. The lowest BCUT2D eigenvalue weighted by Gasteiger charge is -2.17. The number of para-hydroxylation sites is 1. The molecule has 0 saturated carbocycles. The zero-order valence-electron chi connectivity index (χ0n) is 21.1. The van der Waals surface area contributed by atoms with Crippen LogP contribution < -0.4 is 9.64 Å². The fourth-order valence-electron chi connectivity index (χ4n) is 3.33. The molecule has 0 unspecified atom stereocenters. The number of carbonyl (C=O) groups excluding carboxylic acids is 1. The van der Waals surface area contributed by atoms with Crippen LogP contribution >= 0.6 is 0 Å². The number of amides is 1. The number of benzene rings is 3. The van der Waals surface area contributed by atoms with Crippen molar-refractivity contribution in [1.82, 2.24) is 0 Å². The van der Waals surface area contributed by atoms with Gasteiger partial charge in [-0.25, -0.2) is 4.79 Å². The van der Waals surface area contributed by atoms with Crippen molar-refractivity contribution in [2.45, 2.75) is 13.1 Å². The molecule has 11 heteroatoms. The van der Waals surface area contributed by atoms with Crippen LogP contribution in [0.25, 0.3) is 0 Å². The smallest absolute Gasteiger partial charge is 0.416 e. The highest BCUT2D eigenvalue weighted by Crippen LogP contribution is 2.32. The van der Waals surface area contributed by atoms with Crippen LogP contribution in [0.2, 0.25) is 0 Å². The second-order valence-electron chi connectivity index (χ2n) is 7.79. The van der Waals surface area contributed by atoms with Gasteiger partial charge >= 0.3 is 12.3 Å². The summed E-state index contributed by atoms with van der Waals surface area (Å²) in [4.78, 5) is 18.2. The van der Waals surface area contributed by atoms with Crippen LogP contribution in [-0.2, 0) is 15.8 Å². The summed E-state index contributed by atoms with van der Waals surface area (Å²) in [5, 5.41) is 12.4. The third-order valence-corrected chi connectivity index (χ3v) is 5.20. The number of hydrogen-bond donors (Lipinski definition) is 0. The average Bonchev–Trinajstić information content (AvgIpc) is 2.91. The Balaban J connectivity index is 1.78. The fraction of sp³-hybridized carbons (Fsp3) is 0.185. The van der Waals surface area contributed by atoms with Gasteiger partial charge in [0, 0.05) is 18.2 Å². The van der Waals surface area contributed by atoms with E-state index < -0.39 is 17.8 Å². The van der Waals surface area contributed by atoms with E-state index >= 15 is 0 Å². The molecule has 0 N–H and O–H groups in total. The normalized spacial score (nSPS) is 12.4. The first kappa shape index (κ1) is 27.9.